The fraction of sp³-hybridized carbons (Fsp3) is 0.947. The van der Waals surface area contributed by atoms with Crippen LogP contribution in [-0.4, -0.2) is 23.8 Å². The summed E-state index contributed by atoms with van der Waals surface area (Å²) in [6.07, 6.45) is 42.3. The normalized spacial score (nSPS) is 11.2. The van der Waals surface area contributed by atoms with E-state index < -0.39 is 10.6 Å². The minimum absolute atomic E-state index is 0.399. The Labute approximate surface area is 273 Å². The van der Waals surface area contributed by atoms with Crippen LogP contribution in [0.25, 0.3) is 0 Å². The zero-order valence-corrected chi connectivity index (χ0v) is 29.9. The highest BCUT2D eigenvalue weighted by molar-refractivity contribution is 8.25. The molecule has 0 rings (SSSR count). The Balaban J connectivity index is 3.26. The average Bonchev–Trinajstić information content (AvgIpc) is 3.00. The fourth-order valence-corrected chi connectivity index (χ4v) is 6.16. The highest BCUT2D eigenvalue weighted by atomic mass is 32.2. The predicted octanol–water partition coefficient (Wildman–Crippen LogP) is 14.5. The van der Waals surface area contributed by atoms with E-state index in [2.05, 4.69) is 13.8 Å². The van der Waals surface area contributed by atoms with Crippen LogP contribution in [0, 0.1) is 0 Å². The highest BCUT2D eigenvalue weighted by Crippen LogP contribution is 2.16. The van der Waals surface area contributed by atoms with Gasteiger partial charge < -0.3 is 9.47 Å². The van der Waals surface area contributed by atoms with E-state index in [1.807, 2.05) is 0 Å². The number of hydrogen-bond donors (Lipinski definition) is 0. The van der Waals surface area contributed by atoms with Crippen molar-refractivity contribution in [2.24, 2.45) is 0 Å². The second-order valence-corrected chi connectivity index (χ2v) is 13.8. The van der Waals surface area contributed by atoms with Crippen molar-refractivity contribution in [2.45, 2.75) is 219 Å². The molecule has 0 heterocycles. The van der Waals surface area contributed by atoms with Crippen molar-refractivity contribution in [3.05, 3.63) is 0 Å². The maximum atomic E-state index is 11.8. The fourth-order valence-electron chi connectivity index (χ4n) is 5.74. The standard InChI is InChI=1S/C38H74O4S/c1-3-5-7-9-11-13-15-17-19-21-23-25-27-29-31-33-35-41-37(39)43-38(40)42-36-34-32-30-28-26-24-22-20-18-16-14-12-10-8-6-4-2/h3-36H2,1-2H3. The molecule has 0 amide bonds. The minimum Gasteiger partial charge on any atom is -0.457 e. The van der Waals surface area contributed by atoms with Gasteiger partial charge in [-0.1, -0.05) is 206 Å². The lowest BCUT2D eigenvalue weighted by Gasteiger charge is -2.06. The quantitative estimate of drug-likeness (QED) is 0.0525. The minimum atomic E-state index is -0.530. The van der Waals surface area contributed by atoms with E-state index in [0.717, 1.165) is 25.7 Å². The lowest BCUT2D eigenvalue weighted by atomic mass is 10.0. The van der Waals surface area contributed by atoms with Gasteiger partial charge in [0.05, 0.1) is 25.0 Å². The van der Waals surface area contributed by atoms with Crippen molar-refractivity contribution in [3.63, 3.8) is 0 Å². The second-order valence-electron chi connectivity index (χ2n) is 12.9. The third-order valence-corrected chi connectivity index (χ3v) is 9.17. The number of ether oxygens (including phenoxy) is 2. The molecule has 0 aliphatic heterocycles. The van der Waals surface area contributed by atoms with Crippen LogP contribution in [0.3, 0.4) is 0 Å². The van der Waals surface area contributed by atoms with Crippen LogP contribution < -0.4 is 0 Å². The molecule has 0 radical (unpaired) electrons. The molecule has 0 aliphatic carbocycles. The molecular formula is C38H74O4S. The van der Waals surface area contributed by atoms with Gasteiger partial charge in [0.2, 0.25) is 0 Å². The van der Waals surface area contributed by atoms with Gasteiger partial charge in [0.15, 0.2) is 0 Å². The topological polar surface area (TPSA) is 52.6 Å². The molecule has 0 aliphatic rings. The van der Waals surface area contributed by atoms with Crippen LogP contribution in [0.5, 0.6) is 0 Å². The first-order valence-corrected chi connectivity index (χ1v) is 20.0. The number of hydrogen-bond acceptors (Lipinski definition) is 5. The molecular weight excluding hydrogens is 552 g/mol. The lowest BCUT2D eigenvalue weighted by Crippen LogP contribution is -2.06. The monoisotopic (exact) mass is 627 g/mol. The third-order valence-electron chi connectivity index (χ3n) is 8.60. The molecule has 0 N–H and O–H groups in total. The van der Waals surface area contributed by atoms with Gasteiger partial charge in [-0.25, -0.2) is 9.59 Å². The molecule has 0 spiro atoms. The summed E-state index contributed by atoms with van der Waals surface area (Å²) in [5.41, 5.74) is 0. The predicted molar refractivity (Wildman–Crippen MR) is 189 cm³/mol. The van der Waals surface area contributed by atoms with Crippen LogP contribution in [0.1, 0.15) is 219 Å². The van der Waals surface area contributed by atoms with Crippen LogP contribution >= 0.6 is 11.8 Å². The van der Waals surface area contributed by atoms with E-state index in [-0.39, 0.29) is 0 Å². The molecule has 256 valence electrons. The van der Waals surface area contributed by atoms with Gasteiger partial charge in [-0.3, -0.25) is 0 Å². The SMILES string of the molecule is CCCCCCCCCCCCCCCCCCOC(=O)SC(=O)OCCCCCCCCCCCCCCCCCC. The van der Waals surface area contributed by atoms with Crippen molar-refractivity contribution in [1.82, 2.24) is 0 Å². The molecule has 0 aromatic heterocycles. The molecule has 0 saturated carbocycles. The maximum Gasteiger partial charge on any atom is 0.378 e. The number of thioether (sulfide) groups is 1. The Morgan fingerprint density at radius 2 is 0.512 bits per heavy atom. The molecule has 0 fully saturated rings. The van der Waals surface area contributed by atoms with Crippen molar-refractivity contribution in [1.29, 1.82) is 0 Å². The Kier molecular flexibility index (Phi) is 36.9. The van der Waals surface area contributed by atoms with Gasteiger partial charge in [0.25, 0.3) is 0 Å². The molecule has 5 heteroatoms. The van der Waals surface area contributed by atoms with Gasteiger partial charge >= 0.3 is 10.6 Å². The molecule has 0 aromatic rings. The Morgan fingerprint density at radius 1 is 0.326 bits per heavy atom. The second kappa shape index (κ2) is 37.5. The van der Waals surface area contributed by atoms with Gasteiger partial charge in [0.1, 0.15) is 0 Å². The zero-order valence-electron chi connectivity index (χ0n) is 29.1. The number of rotatable bonds is 34. The molecule has 0 atom stereocenters. The largest absolute Gasteiger partial charge is 0.457 e. The van der Waals surface area contributed by atoms with Gasteiger partial charge in [0, 0.05) is 0 Å². The van der Waals surface area contributed by atoms with Gasteiger partial charge in [-0.15, -0.1) is 0 Å². The smallest absolute Gasteiger partial charge is 0.378 e. The molecule has 0 unspecified atom stereocenters. The number of carbonyl (C=O) groups is 2. The van der Waals surface area contributed by atoms with Crippen LogP contribution in [0.4, 0.5) is 9.59 Å². The summed E-state index contributed by atoms with van der Waals surface area (Å²) in [4.78, 5) is 23.7. The molecule has 43 heavy (non-hydrogen) atoms. The van der Waals surface area contributed by atoms with E-state index >= 15 is 0 Å². The van der Waals surface area contributed by atoms with Crippen LogP contribution in [0.15, 0.2) is 0 Å². The van der Waals surface area contributed by atoms with Crippen LogP contribution in [-0.2, 0) is 9.47 Å². The lowest BCUT2D eigenvalue weighted by molar-refractivity contribution is 0.166. The van der Waals surface area contributed by atoms with E-state index in [0.29, 0.717) is 25.0 Å². The summed E-state index contributed by atoms with van der Waals surface area (Å²) < 4.78 is 10.4. The Bertz CT molecular complexity index is 520. The Hall–Kier alpha value is -0.710. The molecule has 4 nitrogen and oxygen atoms in total. The number of unbranched alkanes of at least 4 members (excludes halogenated alkanes) is 30. The first-order chi connectivity index (χ1) is 21.2. The molecule has 0 bridgehead atoms. The summed E-state index contributed by atoms with van der Waals surface area (Å²) in [5, 5.41) is -1.06. The Morgan fingerprint density at radius 3 is 0.721 bits per heavy atom. The number of carbonyl (C=O) groups excluding carboxylic acids is 2. The van der Waals surface area contributed by atoms with E-state index in [1.165, 1.54) is 180 Å². The summed E-state index contributed by atoms with van der Waals surface area (Å²) in [5.74, 6) is 0. The van der Waals surface area contributed by atoms with Crippen molar-refractivity contribution < 1.29 is 19.1 Å². The van der Waals surface area contributed by atoms with Crippen molar-refractivity contribution in [2.75, 3.05) is 13.2 Å². The van der Waals surface area contributed by atoms with Gasteiger partial charge in [-0.05, 0) is 12.8 Å². The first kappa shape index (κ1) is 42.3. The zero-order chi connectivity index (χ0) is 31.3. The van der Waals surface area contributed by atoms with Crippen molar-refractivity contribution in [3.8, 4) is 0 Å². The molecule has 0 aromatic carbocycles. The highest BCUT2D eigenvalue weighted by Gasteiger charge is 2.13. The molecule has 0 saturated heterocycles. The summed E-state index contributed by atoms with van der Waals surface area (Å²) >= 11 is 0.554. The maximum absolute atomic E-state index is 11.8. The van der Waals surface area contributed by atoms with Crippen molar-refractivity contribution >= 4 is 22.4 Å². The third kappa shape index (κ3) is 37.4. The van der Waals surface area contributed by atoms with E-state index in [1.54, 1.807) is 0 Å². The van der Waals surface area contributed by atoms with E-state index in [9.17, 15) is 9.59 Å². The summed E-state index contributed by atoms with van der Waals surface area (Å²) in [7, 11) is 0. The average molecular weight is 627 g/mol. The van der Waals surface area contributed by atoms with Gasteiger partial charge in [-0.2, -0.15) is 0 Å². The van der Waals surface area contributed by atoms with E-state index in [4.69, 9.17) is 9.47 Å². The van der Waals surface area contributed by atoms with Crippen LogP contribution in [0.2, 0.25) is 0 Å². The first-order valence-electron chi connectivity index (χ1n) is 19.2. The summed E-state index contributed by atoms with van der Waals surface area (Å²) in [6.45, 7) is 5.36. The summed E-state index contributed by atoms with van der Waals surface area (Å²) in [6, 6.07) is 0.